The van der Waals surface area contributed by atoms with Gasteiger partial charge in [0.15, 0.2) is 0 Å². The summed E-state index contributed by atoms with van der Waals surface area (Å²) in [5.41, 5.74) is 3.03. The van der Waals surface area contributed by atoms with Crippen molar-refractivity contribution in [1.82, 2.24) is 14.1 Å². The predicted molar refractivity (Wildman–Crippen MR) is 220 cm³/mol. The molecule has 0 saturated carbocycles. The molecule has 0 aliphatic heterocycles. The monoisotopic (exact) mass is 915 g/mol. The number of rotatable bonds is 8. The van der Waals surface area contributed by atoms with Gasteiger partial charge in [0.05, 0.1) is 35.9 Å². The Balaban J connectivity index is 0.00000608. The molecule has 0 fully saturated rings. The number of benzene rings is 7. The van der Waals surface area contributed by atoms with Crippen LogP contribution >= 0.6 is 0 Å². The van der Waals surface area contributed by atoms with Crippen molar-refractivity contribution in [1.29, 1.82) is 0 Å². The van der Waals surface area contributed by atoms with E-state index in [1.165, 1.54) is 6.07 Å². The Morgan fingerprint density at radius 3 is 2.14 bits per heavy atom. The van der Waals surface area contributed by atoms with Gasteiger partial charge in [0.2, 0.25) is 0 Å². The Labute approximate surface area is 359 Å². The molecule has 0 spiro atoms. The SMILES string of the molecule is [2H]c1c([2H])c([2H])c(-c2cccc(-c3c([2H])c([2H])c([2H])c([2H])c3[2H])c2-[n+]2[c-]n(-c3[c-]c(Oc4[c-]c5c(cc4)c4c([2H])c([2H])c([2H])c([2H])c4n5-c4cc(CC)ccn4)ccc3)c3ccccc32)c([2H])c1[2H].[Pt]. The molecule has 0 aliphatic rings. The molecule has 0 N–H and O–H groups in total. The first-order chi connectivity index (χ1) is 33.0. The van der Waals surface area contributed by atoms with Crippen molar-refractivity contribution < 1.29 is 49.6 Å². The van der Waals surface area contributed by atoms with Crippen LogP contribution in [0, 0.1) is 18.5 Å². The second kappa shape index (κ2) is 14.9. The van der Waals surface area contributed by atoms with E-state index >= 15 is 0 Å². The quantitative estimate of drug-likeness (QED) is 0.112. The summed E-state index contributed by atoms with van der Waals surface area (Å²) in [6, 6.07) is 23.8. The van der Waals surface area contributed by atoms with Crippen molar-refractivity contribution in [2.24, 2.45) is 0 Å². The van der Waals surface area contributed by atoms with E-state index in [9.17, 15) is 0 Å². The first kappa shape index (κ1) is 22.7. The first-order valence-electron chi connectivity index (χ1n) is 24.4. The minimum atomic E-state index is -0.598. The standard InChI is InChI=1S/C50H34N4O.Pt/c1-2-35-29-30-51-49(31-35)54-45-24-10-9-21-43(45)44-28-27-40(33-48(44)54)55-39-20-13-19-38(32-39)52-34-53(47-26-12-11-25-46(47)52)50-41(36-15-5-3-6-16-36)22-14-23-42(50)37-17-7-4-8-18-37;/h3-31H,2H2,1H3;/q-2;/i3D,4D,5D,6D,7D,8D,9D,10D,15D,16D,17D,18D,21D,24D;. The molecule has 56 heavy (non-hydrogen) atoms. The maximum absolute atomic E-state index is 8.97. The molecule has 0 saturated heterocycles. The maximum atomic E-state index is 8.97. The van der Waals surface area contributed by atoms with Gasteiger partial charge in [-0.15, -0.1) is 29.7 Å². The Hall–Kier alpha value is -6.55. The molecule has 272 valence electrons. The average Bonchev–Trinajstić information content (AvgIpc) is 3.92. The summed E-state index contributed by atoms with van der Waals surface area (Å²) in [6.07, 6.45) is 5.69. The van der Waals surface area contributed by atoms with Gasteiger partial charge in [0.25, 0.3) is 6.33 Å². The van der Waals surface area contributed by atoms with Gasteiger partial charge in [-0.3, -0.25) is 4.57 Å². The summed E-state index contributed by atoms with van der Waals surface area (Å²) < 4.78 is 133. The summed E-state index contributed by atoms with van der Waals surface area (Å²) in [7, 11) is 0. The van der Waals surface area contributed by atoms with Gasteiger partial charge in [-0.2, -0.15) is 18.2 Å². The molecule has 3 aromatic heterocycles. The molecule has 7 aromatic carbocycles. The number of pyridine rings is 1. The topological polar surface area (TPSA) is 35.9 Å². The number of ether oxygens (including phenoxy) is 1. The normalized spacial score (nSPS) is 14.7. The van der Waals surface area contributed by atoms with E-state index in [4.69, 9.17) is 23.9 Å². The summed E-state index contributed by atoms with van der Waals surface area (Å²) in [5, 5.41) is 0.817. The number of aryl methyl sites for hydroxylation is 1. The molecule has 5 nitrogen and oxygen atoms in total. The summed E-state index contributed by atoms with van der Waals surface area (Å²) >= 11 is 0. The Morgan fingerprint density at radius 2 is 1.38 bits per heavy atom. The number of fused-ring (bicyclic) bond motifs is 4. The average molecular weight is 916 g/mol. The first-order valence-corrected chi connectivity index (χ1v) is 17.4. The second-order valence-electron chi connectivity index (χ2n) is 12.5. The van der Waals surface area contributed by atoms with E-state index in [-0.39, 0.29) is 90.2 Å². The summed E-state index contributed by atoms with van der Waals surface area (Å²) in [6.45, 7) is 2.00. The van der Waals surface area contributed by atoms with Crippen LogP contribution in [0.25, 0.3) is 72.3 Å². The van der Waals surface area contributed by atoms with Gasteiger partial charge < -0.3 is 13.9 Å². The van der Waals surface area contributed by atoms with Crippen molar-refractivity contribution in [3.8, 4) is 50.9 Å². The summed E-state index contributed by atoms with van der Waals surface area (Å²) in [5.74, 6) is 0.903. The van der Waals surface area contributed by atoms with Crippen LogP contribution in [0.2, 0.25) is 0 Å². The van der Waals surface area contributed by atoms with Crippen molar-refractivity contribution >= 4 is 32.8 Å². The van der Waals surface area contributed by atoms with E-state index in [0.717, 1.165) is 5.56 Å². The fourth-order valence-corrected chi connectivity index (χ4v) is 6.82. The van der Waals surface area contributed by atoms with Crippen LogP contribution in [-0.2, 0) is 27.5 Å². The molecule has 0 atom stereocenters. The van der Waals surface area contributed by atoms with Crippen LogP contribution in [0.15, 0.2) is 176 Å². The van der Waals surface area contributed by atoms with Crippen molar-refractivity contribution in [3.05, 3.63) is 200 Å². The van der Waals surface area contributed by atoms with Gasteiger partial charge in [0.1, 0.15) is 5.82 Å². The third kappa shape index (κ3) is 6.20. The number of imidazole rings is 1. The Morgan fingerprint density at radius 1 is 0.679 bits per heavy atom. The zero-order chi connectivity index (χ0) is 48.9. The number of hydrogen-bond acceptors (Lipinski definition) is 2. The molecule has 0 bridgehead atoms. The van der Waals surface area contributed by atoms with E-state index < -0.39 is 60.4 Å². The van der Waals surface area contributed by atoms with E-state index in [1.54, 1.807) is 86.6 Å². The third-order valence-corrected chi connectivity index (χ3v) is 9.31. The Kier molecular flexibility index (Phi) is 6.07. The van der Waals surface area contributed by atoms with Crippen LogP contribution in [0.4, 0.5) is 0 Å². The minimum Gasteiger partial charge on any atom is -0.510 e. The zero-order valence-corrected chi connectivity index (χ0v) is 31.7. The smallest absolute Gasteiger partial charge is 0.268 e. The molecular weight excluding hydrogens is 868 g/mol. The van der Waals surface area contributed by atoms with Gasteiger partial charge in [-0.25, -0.2) is 4.98 Å². The second-order valence-corrected chi connectivity index (χ2v) is 12.5. The fraction of sp³-hybridized carbons (Fsp3) is 0.0400. The number of nitrogens with zero attached hydrogens (tertiary/aromatic N) is 4. The molecule has 3 heterocycles. The van der Waals surface area contributed by atoms with E-state index in [2.05, 4.69) is 23.4 Å². The number of aromatic nitrogens is 4. The molecule has 10 aromatic rings. The molecule has 0 unspecified atom stereocenters. The van der Waals surface area contributed by atoms with Crippen LogP contribution in [0.5, 0.6) is 11.5 Å². The summed E-state index contributed by atoms with van der Waals surface area (Å²) in [4.78, 5) is 4.59. The molecule has 6 heteroatoms. The van der Waals surface area contributed by atoms with Crippen molar-refractivity contribution in [3.63, 3.8) is 0 Å². The Bertz CT molecular complexity index is 3690. The molecular formula is C50H34N4OPt-2. The maximum Gasteiger partial charge on any atom is 0.268 e. The predicted octanol–water partition coefficient (Wildman–Crippen LogP) is 11.5. The number of para-hydroxylation sites is 4. The number of hydrogen-bond donors (Lipinski definition) is 0. The van der Waals surface area contributed by atoms with Gasteiger partial charge >= 0.3 is 0 Å². The molecule has 0 aliphatic carbocycles. The molecule has 0 radical (unpaired) electrons. The van der Waals surface area contributed by atoms with Crippen LogP contribution < -0.4 is 9.30 Å². The van der Waals surface area contributed by atoms with Crippen molar-refractivity contribution in [2.75, 3.05) is 0 Å². The third-order valence-electron chi connectivity index (χ3n) is 9.31. The van der Waals surface area contributed by atoms with Crippen LogP contribution in [0.1, 0.15) is 31.7 Å². The minimum absolute atomic E-state index is 0. The van der Waals surface area contributed by atoms with Crippen LogP contribution in [0.3, 0.4) is 0 Å². The van der Waals surface area contributed by atoms with Gasteiger partial charge in [0, 0.05) is 44.3 Å². The fourth-order valence-electron chi connectivity index (χ4n) is 6.82. The van der Waals surface area contributed by atoms with E-state index in [1.807, 2.05) is 19.1 Å². The van der Waals surface area contributed by atoms with Crippen LogP contribution in [-0.4, -0.2) is 14.1 Å². The largest absolute Gasteiger partial charge is 0.510 e. The van der Waals surface area contributed by atoms with Gasteiger partial charge in [-0.1, -0.05) is 133 Å². The molecule has 10 rings (SSSR count). The van der Waals surface area contributed by atoms with E-state index in [0.29, 0.717) is 45.2 Å². The van der Waals surface area contributed by atoms with Gasteiger partial charge in [-0.05, 0) is 63.5 Å². The van der Waals surface area contributed by atoms with Crippen molar-refractivity contribution in [2.45, 2.75) is 13.3 Å². The molecule has 0 amide bonds. The zero-order valence-electron chi connectivity index (χ0n) is 43.4.